The number of hydrogen-bond acceptors (Lipinski definition) is 5. The van der Waals surface area contributed by atoms with Crippen molar-refractivity contribution in [2.75, 3.05) is 44.3 Å². The first-order valence-electron chi connectivity index (χ1n) is 10.4. The molecule has 7 heteroatoms. The summed E-state index contributed by atoms with van der Waals surface area (Å²) in [6.45, 7) is 7.24. The van der Waals surface area contributed by atoms with Gasteiger partial charge in [0.25, 0.3) is 5.91 Å². The largest absolute Gasteiger partial charge is 0.379 e. The molecule has 2 aromatic carbocycles. The van der Waals surface area contributed by atoms with Crippen LogP contribution in [0.1, 0.15) is 29.3 Å². The maximum Gasteiger partial charge on any atom is 0.260 e. The van der Waals surface area contributed by atoms with E-state index in [9.17, 15) is 4.79 Å². The van der Waals surface area contributed by atoms with Crippen molar-refractivity contribution in [1.82, 2.24) is 9.88 Å². The van der Waals surface area contributed by atoms with E-state index in [2.05, 4.69) is 46.0 Å². The lowest BCUT2D eigenvalue weighted by Gasteiger charge is -2.27. The molecule has 30 heavy (non-hydrogen) atoms. The van der Waals surface area contributed by atoms with Crippen molar-refractivity contribution in [3.63, 3.8) is 0 Å². The first-order chi connectivity index (χ1) is 14.7. The Morgan fingerprint density at radius 1 is 1.23 bits per heavy atom. The minimum absolute atomic E-state index is 0.00428. The number of para-hydroxylation sites is 1. The van der Waals surface area contributed by atoms with Crippen LogP contribution in [0.5, 0.6) is 0 Å². The molecule has 0 radical (unpaired) electrons. The molecule has 0 spiro atoms. The molecule has 0 bridgehead atoms. The summed E-state index contributed by atoms with van der Waals surface area (Å²) in [4.78, 5) is 22.6. The van der Waals surface area contributed by atoms with Gasteiger partial charge in [0.1, 0.15) is 0 Å². The number of benzene rings is 2. The van der Waals surface area contributed by atoms with E-state index < -0.39 is 0 Å². The normalized spacial score (nSPS) is 14.9. The zero-order valence-electron chi connectivity index (χ0n) is 17.1. The molecule has 1 aromatic heterocycles. The van der Waals surface area contributed by atoms with E-state index in [0.29, 0.717) is 12.1 Å². The summed E-state index contributed by atoms with van der Waals surface area (Å²) in [5.41, 5.74) is 2.91. The lowest BCUT2D eigenvalue weighted by atomic mass is 10.1. The van der Waals surface area contributed by atoms with Crippen LogP contribution in [0.3, 0.4) is 0 Å². The third-order valence-corrected chi connectivity index (χ3v) is 6.92. The molecule has 3 aromatic rings. The van der Waals surface area contributed by atoms with Crippen LogP contribution in [-0.4, -0.2) is 55.2 Å². The molecular weight excluding hydrogens is 462 g/mol. The van der Waals surface area contributed by atoms with Crippen LogP contribution in [-0.2, 0) is 11.2 Å². The number of carbonyl (C=O) groups excluding carboxylic acids is 1. The number of carbonyl (C=O) groups is 1. The summed E-state index contributed by atoms with van der Waals surface area (Å²) in [6.07, 6.45) is 1.83. The van der Waals surface area contributed by atoms with Gasteiger partial charge in [0.2, 0.25) is 0 Å². The SMILES string of the molecule is CCc1cccc2sc(N(CCCN3CCOCC3)C(=O)c3cccc(Br)c3)nc12. The summed E-state index contributed by atoms with van der Waals surface area (Å²) < 4.78 is 7.47. The fourth-order valence-corrected chi connectivity index (χ4v) is 5.17. The lowest BCUT2D eigenvalue weighted by molar-refractivity contribution is 0.0376. The minimum atomic E-state index is -0.00428. The van der Waals surface area contributed by atoms with Crippen LogP contribution in [0, 0.1) is 0 Å². The highest BCUT2D eigenvalue weighted by Gasteiger charge is 2.22. The average molecular weight is 488 g/mol. The summed E-state index contributed by atoms with van der Waals surface area (Å²) >= 11 is 5.08. The van der Waals surface area contributed by atoms with Crippen molar-refractivity contribution >= 4 is 48.5 Å². The lowest BCUT2D eigenvalue weighted by Crippen LogP contribution is -2.39. The van der Waals surface area contributed by atoms with E-state index in [1.54, 1.807) is 11.3 Å². The van der Waals surface area contributed by atoms with Crippen LogP contribution >= 0.6 is 27.3 Å². The van der Waals surface area contributed by atoms with Gasteiger partial charge in [-0.2, -0.15) is 0 Å². The molecule has 1 aliphatic heterocycles. The second kappa shape index (κ2) is 10.0. The summed E-state index contributed by atoms with van der Waals surface area (Å²) in [6, 6.07) is 13.9. The smallest absolute Gasteiger partial charge is 0.260 e. The van der Waals surface area contributed by atoms with Gasteiger partial charge in [-0.05, 0) is 42.7 Å². The van der Waals surface area contributed by atoms with Gasteiger partial charge in [0.15, 0.2) is 5.13 Å². The molecule has 1 saturated heterocycles. The van der Waals surface area contributed by atoms with Gasteiger partial charge in [-0.3, -0.25) is 14.6 Å². The highest BCUT2D eigenvalue weighted by Crippen LogP contribution is 2.32. The zero-order valence-corrected chi connectivity index (χ0v) is 19.5. The second-order valence-corrected chi connectivity index (χ2v) is 9.31. The van der Waals surface area contributed by atoms with E-state index in [4.69, 9.17) is 9.72 Å². The highest BCUT2D eigenvalue weighted by atomic mass is 79.9. The minimum Gasteiger partial charge on any atom is -0.379 e. The van der Waals surface area contributed by atoms with Gasteiger partial charge in [0, 0.05) is 36.2 Å². The number of hydrogen-bond donors (Lipinski definition) is 0. The Morgan fingerprint density at radius 2 is 2.03 bits per heavy atom. The number of ether oxygens (including phenoxy) is 1. The monoisotopic (exact) mass is 487 g/mol. The molecule has 0 atom stereocenters. The molecular formula is C23H26BrN3O2S. The Morgan fingerprint density at radius 3 is 2.80 bits per heavy atom. The van der Waals surface area contributed by atoms with Gasteiger partial charge in [-0.1, -0.05) is 52.4 Å². The zero-order chi connectivity index (χ0) is 20.9. The van der Waals surface area contributed by atoms with Crippen LogP contribution in [0.4, 0.5) is 5.13 Å². The van der Waals surface area contributed by atoms with Gasteiger partial charge in [0.05, 0.1) is 23.4 Å². The molecule has 0 N–H and O–H groups in total. The topological polar surface area (TPSA) is 45.7 Å². The number of nitrogens with zero attached hydrogens (tertiary/aromatic N) is 3. The fourth-order valence-electron chi connectivity index (χ4n) is 3.73. The van der Waals surface area contributed by atoms with Gasteiger partial charge >= 0.3 is 0 Å². The van der Waals surface area contributed by atoms with Crippen LogP contribution in [0.25, 0.3) is 10.2 Å². The maximum atomic E-state index is 13.4. The molecule has 1 aliphatic rings. The van der Waals surface area contributed by atoms with Gasteiger partial charge < -0.3 is 4.74 Å². The number of anilines is 1. The Hall–Kier alpha value is -1.80. The number of fused-ring (bicyclic) bond motifs is 1. The molecule has 0 saturated carbocycles. The Bertz CT molecular complexity index is 1020. The van der Waals surface area contributed by atoms with E-state index in [-0.39, 0.29) is 5.91 Å². The van der Waals surface area contributed by atoms with Crippen molar-refractivity contribution in [1.29, 1.82) is 0 Å². The molecule has 0 unspecified atom stereocenters. The van der Waals surface area contributed by atoms with E-state index in [0.717, 1.165) is 65.5 Å². The predicted molar refractivity (Wildman–Crippen MR) is 127 cm³/mol. The van der Waals surface area contributed by atoms with E-state index in [1.807, 2.05) is 29.2 Å². The first-order valence-corrected chi connectivity index (χ1v) is 12.0. The molecule has 2 heterocycles. The molecule has 158 valence electrons. The predicted octanol–water partition coefficient (Wildman–Crippen LogP) is 4.99. The Labute approximate surface area is 189 Å². The van der Waals surface area contributed by atoms with Crippen LogP contribution in [0.15, 0.2) is 46.9 Å². The standard InChI is InChI=1S/C23H26BrN3O2S/c1-2-17-6-4-9-20-21(17)25-23(30-20)27(11-5-10-26-12-14-29-15-13-26)22(28)18-7-3-8-19(24)16-18/h3-4,6-9,16H,2,5,10-15H2,1H3. The third kappa shape index (κ3) is 4.91. The number of amides is 1. The Kier molecular flexibility index (Phi) is 7.15. The van der Waals surface area contributed by atoms with Crippen molar-refractivity contribution in [2.24, 2.45) is 0 Å². The molecule has 4 rings (SSSR count). The summed E-state index contributed by atoms with van der Waals surface area (Å²) in [5, 5.41) is 0.776. The fraction of sp³-hybridized carbons (Fsp3) is 0.391. The Balaban J connectivity index is 1.60. The maximum absolute atomic E-state index is 13.4. The van der Waals surface area contributed by atoms with Crippen molar-refractivity contribution in [3.8, 4) is 0 Å². The van der Waals surface area contributed by atoms with Crippen LogP contribution in [0.2, 0.25) is 0 Å². The number of rotatable bonds is 7. The third-order valence-electron chi connectivity index (χ3n) is 5.38. The quantitative estimate of drug-likeness (QED) is 0.470. The average Bonchev–Trinajstić information content (AvgIpc) is 3.21. The number of morpholine rings is 1. The van der Waals surface area contributed by atoms with Crippen molar-refractivity contribution in [2.45, 2.75) is 19.8 Å². The number of thiazole rings is 1. The van der Waals surface area contributed by atoms with Crippen molar-refractivity contribution < 1.29 is 9.53 Å². The highest BCUT2D eigenvalue weighted by molar-refractivity contribution is 9.10. The molecule has 0 aliphatic carbocycles. The first kappa shape index (κ1) is 21.4. The van der Waals surface area contributed by atoms with Gasteiger partial charge in [-0.25, -0.2) is 4.98 Å². The molecule has 5 nitrogen and oxygen atoms in total. The number of aromatic nitrogens is 1. The second-order valence-electron chi connectivity index (χ2n) is 7.39. The van der Waals surface area contributed by atoms with E-state index >= 15 is 0 Å². The van der Waals surface area contributed by atoms with E-state index in [1.165, 1.54) is 5.56 Å². The molecule has 1 fully saturated rings. The molecule has 1 amide bonds. The van der Waals surface area contributed by atoms with Crippen molar-refractivity contribution in [3.05, 3.63) is 58.1 Å². The van der Waals surface area contributed by atoms with Crippen LogP contribution < -0.4 is 4.90 Å². The summed E-state index contributed by atoms with van der Waals surface area (Å²) in [5.74, 6) is -0.00428. The summed E-state index contributed by atoms with van der Waals surface area (Å²) in [7, 11) is 0. The number of aryl methyl sites for hydroxylation is 1. The van der Waals surface area contributed by atoms with Gasteiger partial charge in [-0.15, -0.1) is 0 Å². The number of halogens is 1.